The Kier molecular flexibility index (Phi) is 8.04. The molecule has 116 valence electrons. The molecule has 1 rings (SSSR count). The lowest BCUT2D eigenvalue weighted by Gasteiger charge is -2.09. The molecule has 0 aliphatic carbocycles. The number of halogens is 1. The second kappa shape index (κ2) is 9.88. The lowest BCUT2D eigenvalue weighted by Crippen LogP contribution is -2.37. The molecule has 0 aliphatic heterocycles. The molecule has 6 nitrogen and oxygen atoms in total. The highest BCUT2D eigenvalue weighted by atomic mass is 35.5. The fourth-order valence-electron chi connectivity index (χ4n) is 1.45. The first-order chi connectivity index (χ1) is 10.2. The van der Waals surface area contributed by atoms with Crippen LogP contribution in [0.1, 0.15) is 6.92 Å². The van der Waals surface area contributed by atoms with Gasteiger partial charge < -0.3 is 20.1 Å². The minimum atomic E-state index is -0.267. The van der Waals surface area contributed by atoms with Crippen molar-refractivity contribution in [3.8, 4) is 11.5 Å². The fourth-order valence-corrected chi connectivity index (χ4v) is 1.54. The second-order valence-electron chi connectivity index (χ2n) is 4.03. The summed E-state index contributed by atoms with van der Waals surface area (Å²) < 4.78 is 10.6. The molecule has 0 aliphatic rings. The van der Waals surface area contributed by atoms with E-state index in [0.29, 0.717) is 25.4 Å². The second-order valence-corrected chi connectivity index (χ2v) is 4.29. The number of alkyl halides is 1. The first-order valence-electron chi connectivity index (χ1n) is 6.60. The smallest absolute Gasteiger partial charge is 0.258 e. The molecule has 0 saturated heterocycles. The van der Waals surface area contributed by atoms with E-state index in [9.17, 15) is 9.59 Å². The maximum Gasteiger partial charge on any atom is 0.258 e. The molecular weight excluding hydrogens is 296 g/mol. The maximum absolute atomic E-state index is 11.5. The molecule has 0 bridgehead atoms. The van der Waals surface area contributed by atoms with E-state index in [2.05, 4.69) is 10.6 Å². The molecule has 2 N–H and O–H groups in total. The third-order valence-corrected chi connectivity index (χ3v) is 2.64. The predicted molar refractivity (Wildman–Crippen MR) is 79.8 cm³/mol. The summed E-state index contributed by atoms with van der Waals surface area (Å²) >= 11 is 5.31. The average molecular weight is 315 g/mol. The summed E-state index contributed by atoms with van der Waals surface area (Å²) in [7, 11) is 0. The third-order valence-electron chi connectivity index (χ3n) is 2.40. The quantitative estimate of drug-likeness (QED) is 0.525. The van der Waals surface area contributed by atoms with Gasteiger partial charge in [0.1, 0.15) is 17.4 Å². The van der Waals surface area contributed by atoms with Crippen LogP contribution in [0, 0.1) is 0 Å². The molecule has 0 fully saturated rings. The zero-order chi connectivity index (χ0) is 15.5. The molecule has 0 aromatic heterocycles. The number of carbonyl (C=O) groups is 2. The van der Waals surface area contributed by atoms with Crippen molar-refractivity contribution >= 4 is 23.4 Å². The van der Waals surface area contributed by atoms with Crippen molar-refractivity contribution in [2.45, 2.75) is 6.92 Å². The van der Waals surface area contributed by atoms with Gasteiger partial charge in [-0.25, -0.2) is 0 Å². The number of hydrogen-bond donors (Lipinski definition) is 2. The van der Waals surface area contributed by atoms with Crippen LogP contribution >= 0.6 is 11.6 Å². The summed E-state index contributed by atoms with van der Waals surface area (Å²) in [6.45, 7) is 3.08. The molecule has 0 unspecified atom stereocenters. The van der Waals surface area contributed by atoms with Gasteiger partial charge in [-0.3, -0.25) is 9.59 Å². The summed E-state index contributed by atoms with van der Waals surface area (Å²) in [5, 5.41) is 5.16. The Morgan fingerprint density at radius 3 is 2.05 bits per heavy atom. The molecule has 0 spiro atoms. The van der Waals surface area contributed by atoms with E-state index in [1.54, 1.807) is 24.3 Å². The van der Waals surface area contributed by atoms with E-state index in [0.717, 1.165) is 5.75 Å². The molecule has 0 radical (unpaired) electrons. The maximum atomic E-state index is 11.5. The van der Waals surface area contributed by atoms with E-state index in [4.69, 9.17) is 21.1 Å². The molecular formula is C14H19ClN2O4. The van der Waals surface area contributed by atoms with Gasteiger partial charge in [0.2, 0.25) is 5.91 Å². The van der Waals surface area contributed by atoms with E-state index in [-0.39, 0.29) is 24.3 Å². The van der Waals surface area contributed by atoms with Gasteiger partial charge in [0.25, 0.3) is 5.91 Å². The van der Waals surface area contributed by atoms with E-state index in [1.165, 1.54) is 0 Å². The van der Waals surface area contributed by atoms with Crippen LogP contribution < -0.4 is 20.1 Å². The molecule has 1 aromatic carbocycles. The summed E-state index contributed by atoms with van der Waals surface area (Å²) in [6, 6.07) is 7.02. The zero-order valence-corrected chi connectivity index (χ0v) is 12.6. The lowest BCUT2D eigenvalue weighted by atomic mass is 10.3. The molecule has 21 heavy (non-hydrogen) atoms. The highest BCUT2D eigenvalue weighted by molar-refractivity contribution is 6.27. The van der Waals surface area contributed by atoms with Gasteiger partial charge in [0, 0.05) is 13.1 Å². The van der Waals surface area contributed by atoms with Crippen LogP contribution in [0.15, 0.2) is 24.3 Å². The number of nitrogens with one attached hydrogen (secondary N) is 2. The van der Waals surface area contributed by atoms with Gasteiger partial charge >= 0.3 is 0 Å². The largest absolute Gasteiger partial charge is 0.494 e. The number of ether oxygens (including phenoxy) is 2. The van der Waals surface area contributed by atoms with Crippen LogP contribution in [0.2, 0.25) is 0 Å². The van der Waals surface area contributed by atoms with E-state index in [1.807, 2.05) is 6.92 Å². The monoisotopic (exact) mass is 314 g/mol. The SMILES string of the molecule is CCOc1ccc(OCC(=O)NCCNC(=O)CCl)cc1. The molecule has 0 atom stereocenters. The predicted octanol–water partition coefficient (Wildman–Crippen LogP) is 0.935. The Morgan fingerprint density at radius 2 is 1.52 bits per heavy atom. The Labute approximate surface area is 128 Å². The molecule has 7 heteroatoms. The van der Waals surface area contributed by atoms with Crippen molar-refractivity contribution in [3.63, 3.8) is 0 Å². The van der Waals surface area contributed by atoms with Crippen molar-refractivity contribution < 1.29 is 19.1 Å². The van der Waals surface area contributed by atoms with Crippen LogP contribution in [0.5, 0.6) is 11.5 Å². The molecule has 0 saturated carbocycles. The van der Waals surface area contributed by atoms with Crippen molar-refractivity contribution in [2.24, 2.45) is 0 Å². The number of amides is 2. The highest BCUT2D eigenvalue weighted by Crippen LogP contribution is 2.17. The fraction of sp³-hybridized carbons (Fsp3) is 0.429. The Hall–Kier alpha value is -1.95. The van der Waals surface area contributed by atoms with Gasteiger partial charge in [0.05, 0.1) is 6.61 Å². The van der Waals surface area contributed by atoms with Crippen LogP contribution in [0.4, 0.5) is 0 Å². The topological polar surface area (TPSA) is 76.7 Å². The standard InChI is InChI=1S/C14H19ClN2O4/c1-2-20-11-3-5-12(6-4-11)21-10-14(19)17-8-7-16-13(18)9-15/h3-6H,2,7-10H2,1H3,(H,16,18)(H,17,19). The first kappa shape index (κ1) is 17.1. The van der Waals surface area contributed by atoms with Crippen molar-refractivity contribution in [3.05, 3.63) is 24.3 Å². The van der Waals surface area contributed by atoms with Crippen molar-refractivity contribution in [1.82, 2.24) is 10.6 Å². The third kappa shape index (κ3) is 7.41. The summed E-state index contributed by atoms with van der Waals surface area (Å²) in [5.41, 5.74) is 0. The van der Waals surface area contributed by atoms with Gasteiger partial charge in [-0.15, -0.1) is 11.6 Å². The molecule has 2 amide bonds. The van der Waals surface area contributed by atoms with Gasteiger partial charge in [-0.1, -0.05) is 0 Å². The van der Waals surface area contributed by atoms with Crippen molar-refractivity contribution in [2.75, 3.05) is 32.2 Å². The van der Waals surface area contributed by atoms with Gasteiger partial charge in [-0.2, -0.15) is 0 Å². The minimum Gasteiger partial charge on any atom is -0.494 e. The van der Waals surface area contributed by atoms with Crippen LogP contribution in [0.3, 0.4) is 0 Å². The molecule has 1 aromatic rings. The normalized spacial score (nSPS) is 9.81. The van der Waals surface area contributed by atoms with Gasteiger partial charge in [0.15, 0.2) is 6.61 Å². The number of hydrogen-bond acceptors (Lipinski definition) is 4. The van der Waals surface area contributed by atoms with Crippen LogP contribution in [-0.4, -0.2) is 44.0 Å². The minimum absolute atomic E-state index is 0.0859. The number of benzene rings is 1. The lowest BCUT2D eigenvalue weighted by molar-refractivity contribution is -0.123. The van der Waals surface area contributed by atoms with Gasteiger partial charge in [-0.05, 0) is 31.2 Å². The van der Waals surface area contributed by atoms with Crippen LogP contribution in [0.25, 0.3) is 0 Å². The van der Waals surface area contributed by atoms with Crippen molar-refractivity contribution in [1.29, 1.82) is 0 Å². The Balaban J connectivity index is 2.19. The Morgan fingerprint density at radius 1 is 1.00 bits per heavy atom. The summed E-state index contributed by atoms with van der Waals surface area (Å²) in [5.74, 6) is 0.725. The number of rotatable bonds is 9. The van der Waals surface area contributed by atoms with E-state index >= 15 is 0 Å². The molecule has 0 heterocycles. The number of carbonyl (C=O) groups excluding carboxylic acids is 2. The summed E-state index contributed by atoms with van der Waals surface area (Å²) in [6.07, 6.45) is 0. The van der Waals surface area contributed by atoms with E-state index < -0.39 is 0 Å². The van der Waals surface area contributed by atoms with Crippen LogP contribution in [-0.2, 0) is 9.59 Å². The average Bonchev–Trinajstić information content (AvgIpc) is 2.51. The summed E-state index contributed by atoms with van der Waals surface area (Å²) in [4.78, 5) is 22.4. The zero-order valence-electron chi connectivity index (χ0n) is 11.9. The first-order valence-corrected chi connectivity index (χ1v) is 7.14. The highest BCUT2D eigenvalue weighted by Gasteiger charge is 2.03. The Bertz CT molecular complexity index is 451.